The van der Waals surface area contributed by atoms with Crippen molar-refractivity contribution in [3.8, 4) is 0 Å². The Morgan fingerprint density at radius 2 is 1.97 bits per heavy atom. The van der Waals surface area contributed by atoms with Crippen LogP contribution in [0.1, 0.15) is 31.1 Å². The van der Waals surface area contributed by atoms with Crippen molar-refractivity contribution in [2.75, 3.05) is 30.3 Å². The Kier molecular flexibility index (Phi) is 7.30. The maximum absolute atomic E-state index is 12.4. The summed E-state index contributed by atoms with van der Waals surface area (Å²) in [5.74, 6) is 2.76. The maximum Gasteiger partial charge on any atom is 0.230 e. The van der Waals surface area contributed by atoms with Crippen LogP contribution in [0.5, 0.6) is 0 Å². The standard InChI is InChI=1S/C23H29N5O2S/c1-18-10-13-27(14-11-18)22-25-26-23(28(22)16-20-8-5-15-30-20)31-17-21(29)24-12-9-19-6-3-2-4-7-19/h2-8,15,18H,9-14,16-17H2,1H3,(H,24,29). The van der Waals surface area contributed by atoms with Gasteiger partial charge in [-0.05, 0) is 42.9 Å². The van der Waals surface area contributed by atoms with Gasteiger partial charge in [0.2, 0.25) is 11.9 Å². The van der Waals surface area contributed by atoms with Crippen molar-refractivity contribution in [2.24, 2.45) is 5.92 Å². The Balaban J connectivity index is 1.37. The van der Waals surface area contributed by atoms with Crippen LogP contribution >= 0.6 is 11.8 Å². The molecule has 1 aliphatic rings. The first-order valence-corrected chi connectivity index (χ1v) is 11.8. The van der Waals surface area contributed by atoms with E-state index in [1.54, 1.807) is 6.26 Å². The van der Waals surface area contributed by atoms with E-state index in [4.69, 9.17) is 4.42 Å². The Bertz CT molecular complexity index is 950. The zero-order chi connectivity index (χ0) is 21.5. The first-order valence-electron chi connectivity index (χ1n) is 10.8. The molecule has 1 fully saturated rings. The van der Waals surface area contributed by atoms with Crippen molar-refractivity contribution in [3.05, 3.63) is 60.1 Å². The number of nitrogens with zero attached hydrogens (tertiary/aromatic N) is 4. The number of furan rings is 1. The van der Waals surface area contributed by atoms with Gasteiger partial charge in [0.15, 0.2) is 5.16 Å². The number of anilines is 1. The number of benzene rings is 1. The number of hydrogen-bond donors (Lipinski definition) is 1. The molecular weight excluding hydrogens is 410 g/mol. The highest BCUT2D eigenvalue weighted by Crippen LogP contribution is 2.27. The van der Waals surface area contributed by atoms with Crippen LogP contribution in [0.25, 0.3) is 0 Å². The van der Waals surface area contributed by atoms with E-state index >= 15 is 0 Å². The average Bonchev–Trinajstić information content (AvgIpc) is 3.44. The molecule has 3 aromatic rings. The van der Waals surface area contributed by atoms with Crippen LogP contribution in [0, 0.1) is 5.92 Å². The molecule has 8 heteroatoms. The molecule has 1 aromatic carbocycles. The summed E-state index contributed by atoms with van der Waals surface area (Å²) in [4.78, 5) is 14.7. The third kappa shape index (κ3) is 5.91. The number of hydrogen-bond acceptors (Lipinski definition) is 6. The molecule has 1 amide bonds. The number of amides is 1. The van der Waals surface area contributed by atoms with Crippen LogP contribution in [0.3, 0.4) is 0 Å². The van der Waals surface area contributed by atoms with Crippen molar-refractivity contribution >= 4 is 23.6 Å². The summed E-state index contributed by atoms with van der Waals surface area (Å²) in [7, 11) is 0. The van der Waals surface area contributed by atoms with Gasteiger partial charge in [-0.2, -0.15) is 0 Å². The molecule has 7 nitrogen and oxygen atoms in total. The molecule has 3 heterocycles. The molecule has 0 bridgehead atoms. The van der Waals surface area contributed by atoms with Crippen LogP contribution in [0.4, 0.5) is 5.95 Å². The second kappa shape index (κ2) is 10.5. The van der Waals surface area contributed by atoms with Crippen molar-refractivity contribution in [3.63, 3.8) is 0 Å². The average molecular weight is 440 g/mol. The van der Waals surface area contributed by atoms with E-state index in [1.807, 2.05) is 30.3 Å². The molecule has 1 aliphatic heterocycles. The fourth-order valence-corrected chi connectivity index (χ4v) is 4.46. The van der Waals surface area contributed by atoms with Gasteiger partial charge in [0.1, 0.15) is 5.76 Å². The summed E-state index contributed by atoms with van der Waals surface area (Å²) < 4.78 is 7.62. The number of carbonyl (C=O) groups excluding carboxylic acids is 1. The molecule has 1 N–H and O–H groups in total. The SMILES string of the molecule is CC1CCN(c2nnc(SCC(=O)NCCc3ccccc3)n2Cc2ccco2)CC1. The Morgan fingerprint density at radius 3 is 2.71 bits per heavy atom. The van der Waals surface area contributed by atoms with E-state index < -0.39 is 0 Å². The highest BCUT2D eigenvalue weighted by atomic mass is 32.2. The van der Waals surface area contributed by atoms with E-state index in [1.165, 1.54) is 17.3 Å². The van der Waals surface area contributed by atoms with E-state index in [2.05, 4.69) is 44.0 Å². The number of carbonyl (C=O) groups is 1. The van der Waals surface area contributed by atoms with E-state index in [9.17, 15) is 4.79 Å². The molecule has 1 saturated heterocycles. The minimum absolute atomic E-state index is 0.00169. The number of rotatable bonds is 9. The van der Waals surface area contributed by atoms with Gasteiger partial charge in [-0.25, -0.2) is 0 Å². The summed E-state index contributed by atoms with van der Waals surface area (Å²) in [5, 5.41) is 12.6. The lowest BCUT2D eigenvalue weighted by Crippen LogP contribution is -2.35. The predicted octanol–water partition coefficient (Wildman–Crippen LogP) is 3.61. The number of aromatic nitrogens is 3. The van der Waals surface area contributed by atoms with Gasteiger partial charge >= 0.3 is 0 Å². The van der Waals surface area contributed by atoms with Crippen LogP contribution in [0.15, 0.2) is 58.3 Å². The summed E-state index contributed by atoms with van der Waals surface area (Å²) in [5.41, 5.74) is 1.22. The highest BCUT2D eigenvalue weighted by molar-refractivity contribution is 7.99. The van der Waals surface area contributed by atoms with Crippen LogP contribution < -0.4 is 10.2 Å². The molecule has 0 saturated carbocycles. The number of piperidine rings is 1. The monoisotopic (exact) mass is 439 g/mol. The molecule has 0 spiro atoms. The minimum Gasteiger partial charge on any atom is -0.467 e. The quantitative estimate of drug-likeness (QED) is 0.514. The van der Waals surface area contributed by atoms with Gasteiger partial charge in [0.05, 0.1) is 18.6 Å². The normalized spacial score (nSPS) is 14.7. The molecule has 31 heavy (non-hydrogen) atoms. The van der Waals surface area contributed by atoms with Crippen molar-refractivity contribution in [1.82, 2.24) is 20.1 Å². The summed E-state index contributed by atoms with van der Waals surface area (Å²) in [6.07, 6.45) is 4.80. The predicted molar refractivity (Wildman–Crippen MR) is 122 cm³/mol. The Labute approximate surface area is 187 Å². The summed E-state index contributed by atoms with van der Waals surface area (Å²) >= 11 is 1.42. The Hall–Kier alpha value is -2.74. The lowest BCUT2D eigenvalue weighted by atomic mass is 10.00. The molecule has 0 unspecified atom stereocenters. The van der Waals surface area contributed by atoms with Crippen molar-refractivity contribution in [2.45, 2.75) is 37.9 Å². The third-order valence-electron chi connectivity index (χ3n) is 5.57. The second-order valence-electron chi connectivity index (χ2n) is 7.99. The molecule has 2 aromatic heterocycles. The van der Waals surface area contributed by atoms with Gasteiger partial charge < -0.3 is 14.6 Å². The lowest BCUT2D eigenvalue weighted by Gasteiger charge is -2.31. The van der Waals surface area contributed by atoms with E-state index in [0.717, 1.165) is 55.1 Å². The summed E-state index contributed by atoms with van der Waals surface area (Å²) in [6, 6.07) is 14.0. The lowest BCUT2D eigenvalue weighted by molar-refractivity contribution is -0.118. The number of thioether (sulfide) groups is 1. The zero-order valence-electron chi connectivity index (χ0n) is 17.9. The topological polar surface area (TPSA) is 76.2 Å². The fraction of sp³-hybridized carbons (Fsp3) is 0.435. The number of nitrogens with one attached hydrogen (secondary N) is 1. The molecular formula is C23H29N5O2S. The van der Waals surface area contributed by atoms with E-state index in [-0.39, 0.29) is 5.91 Å². The molecule has 0 aliphatic carbocycles. The molecule has 4 rings (SSSR count). The van der Waals surface area contributed by atoms with Crippen molar-refractivity contribution in [1.29, 1.82) is 0 Å². The van der Waals surface area contributed by atoms with Gasteiger partial charge in [0.25, 0.3) is 0 Å². The first kappa shape index (κ1) is 21.5. The minimum atomic E-state index is 0.00169. The molecule has 0 atom stereocenters. The van der Waals surface area contributed by atoms with Crippen LogP contribution in [-0.2, 0) is 17.8 Å². The Morgan fingerprint density at radius 1 is 1.16 bits per heavy atom. The third-order valence-corrected chi connectivity index (χ3v) is 6.54. The first-order chi connectivity index (χ1) is 15.2. The van der Waals surface area contributed by atoms with Gasteiger partial charge in [0, 0.05) is 19.6 Å². The maximum atomic E-state index is 12.4. The largest absolute Gasteiger partial charge is 0.467 e. The van der Waals surface area contributed by atoms with E-state index in [0.29, 0.717) is 18.8 Å². The van der Waals surface area contributed by atoms with Gasteiger partial charge in [-0.3, -0.25) is 9.36 Å². The molecule has 0 radical (unpaired) electrons. The molecule has 164 valence electrons. The zero-order valence-corrected chi connectivity index (χ0v) is 18.7. The fourth-order valence-electron chi connectivity index (χ4n) is 3.70. The van der Waals surface area contributed by atoms with Crippen molar-refractivity contribution < 1.29 is 9.21 Å². The smallest absolute Gasteiger partial charge is 0.230 e. The van der Waals surface area contributed by atoms with Crippen LogP contribution in [0.2, 0.25) is 0 Å². The second-order valence-corrected chi connectivity index (χ2v) is 8.93. The highest BCUT2D eigenvalue weighted by Gasteiger charge is 2.23. The summed E-state index contributed by atoms with van der Waals surface area (Å²) in [6.45, 7) is 5.42. The van der Waals surface area contributed by atoms with Gasteiger partial charge in [-0.15, -0.1) is 10.2 Å². The van der Waals surface area contributed by atoms with Gasteiger partial charge in [-0.1, -0.05) is 49.0 Å². The van der Waals surface area contributed by atoms with Crippen LogP contribution in [-0.4, -0.2) is 46.1 Å².